The summed E-state index contributed by atoms with van der Waals surface area (Å²) in [5.74, 6) is 1.75. The van der Waals surface area contributed by atoms with Crippen LogP contribution in [0.3, 0.4) is 0 Å². The van der Waals surface area contributed by atoms with Gasteiger partial charge in [-0.05, 0) is 49.6 Å². The van der Waals surface area contributed by atoms with E-state index in [-0.39, 0.29) is 0 Å². The van der Waals surface area contributed by atoms with Crippen LogP contribution >= 0.6 is 0 Å². The van der Waals surface area contributed by atoms with Gasteiger partial charge in [0.05, 0.1) is 19.8 Å². The van der Waals surface area contributed by atoms with Crippen LogP contribution in [0.25, 0.3) is 0 Å². The highest BCUT2D eigenvalue weighted by Gasteiger charge is 2.28. The maximum Gasteiger partial charge on any atom is 0.122 e. The van der Waals surface area contributed by atoms with Crippen molar-refractivity contribution in [2.45, 2.75) is 44.1 Å². The molecule has 0 amide bonds. The summed E-state index contributed by atoms with van der Waals surface area (Å²) in [6.07, 6.45) is 6.33. The molecule has 1 aromatic rings. The van der Waals surface area contributed by atoms with Gasteiger partial charge in [-0.2, -0.15) is 0 Å². The van der Waals surface area contributed by atoms with E-state index in [9.17, 15) is 5.11 Å². The van der Waals surface area contributed by atoms with E-state index in [1.165, 1.54) is 6.42 Å². The van der Waals surface area contributed by atoms with Crippen LogP contribution in [0.1, 0.15) is 37.7 Å². The van der Waals surface area contributed by atoms with Gasteiger partial charge >= 0.3 is 0 Å². The van der Waals surface area contributed by atoms with Crippen LogP contribution in [0.2, 0.25) is 0 Å². The van der Waals surface area contributed by atoms with Crippen molar-refractivity contribution in [1.29, 1.82) is 0 Å². The summed E-state index contributed by atoms with van der Waals surface area (Å²) >= 11 is 0. The third-order valence-corrected chi connectivity index (χ3v) is 4.78. The lowest BCUT2D eigenvalue weighted by Gasteiger charge is -2.32. The van der Waals surface area contributed by atoms with E-state index >= 15 is 0 Å². The number of hydrogen-bond acceptors (Lipinski definition) is 5. The Hall–Kier alpha value is -1.30. The van der Waals surface area contributed by atoms with Gasteiger partial charge < -0.3 is 25.2 Å². The van der Waals surface area contributed by atoms with Crippen molar-refractivity contribution < 1.29 is 14.6 Å². The minimum Gasteiger partial charge on any atom is -0.497 e. The number of methoxy groups -OCH3 is 2. The van der Waals surface area contributed by atoms with Crippen molar-refractivity contribution in [3.63, 3.8) is 0 Å². The number of ether oxygens (including phenoxy) is 2. The molecule has 0 aliphatic heterocycles. The molecule has 0 atom stereocenters. The number of aliphatic hydroxyl groups is 1. The van der Waals surface area contributed by atoms with Crippen molar-refractivity contribution in [1.82, 2.24) is 10.6 Å². The number of rotatable bonds is 10. The molecule has 0 aromatic heterocycles. The molecule has 0 spiro atoms. The molecule has 0 heterocycles. The smallest absolute Gasteiger partial charge is 0.122 e. The lowest BCUT2D eigenvalue weighted by molar-refractivity contribution is 0.00519. The average molecular weight is 336 g/mol. The van der Waals surface area contributed by atoms with E-state index in [0.717, 1.165) is 68.8 Å². The lowest BCUT2D eigenvalue weighted by Crippen LogP contribution is -2.43. The van der Waals surface area contributed by atoms with Crippen molar-refractivity contribution in [3.8, 4) is 11.5 Å². The van der Waals surface area contributed by atoms with Crippen molar-refractivity contribution >= 4 is 0 Å². The van der Waals surface area contributed by atoms with Crippen LogP contribution in [-0.4, -0.2) is 51.1 Å². The molecule has 1 fully saturated rings. The topological polar surface area (TPSA) is 62.8 Å². The summed E-state index contributed by atoms with van der Waals surface area (Å²) in [6, 6.07) is 5.88. The van der Waals surface area contributed by atoms with E-state index < -0.39 is 5.60 Å². The van der Waals surface area contributed by atoms with Crippen LogP contribution in [0.15, 0.2) is 18.2 Å². The second-order valence-corrected chi connectivity index (χ2v) is 6.64. The van der Waals surface area contributed by atoms with E-state index in [0.29, 0.717) is 6.54 Å². The highest BCUT2D eigenvalue weighted by atomic mass is 16.5. The van der Waals surface area contributed by atoms with Crippen LogP contribution < -0.4 is 20.1 Å². The van der Waals surface area contributed by atoms with Crippen molar-refractivity contribution in [2.24, 2.45) is 0 Å². The molecule has 0 unspecified atom stereocenters. The summed E-state index contributed by atoms with van der Waals surface area (Å²) in [5, 5.41) is 17.2. The molecule has 136 valence electrons. The van der Waals surface area contributed by atoms with Crippen LogP contribution in [0.5, 0.6) is 11.5 Å². The van der Waals surface area contributed by atoms with E-state index in [1.807, 2.05) is 18.2 Å². The summed E-state index contributed by atoms with van der Waals surface area (Å²) in [4.78, 5) is 0. The Labute approximate surface area is 145 Å². The summed E-state index contributed by atoms with van der Waals surface area (Å²) in [5.41, 5.74) is 0.667. The molecule has 2 rings (SSSR count). The van der Waals surface area contributed by atoms with Gasteiger partial charge in [0.2, 0.25) is 0 Å². The zero-order valence-corrected chi connectivity index (χ0v) is 15.1. The van der Waals surface area contributed by atoms with Gasteiger partial charge in [-0.1, -0.05) is 19.3 Å². The number of hydrogen-bond donors (Lipinski definition) is 3. The van der Waals surface area contributed by atoms with Crippen LogP contribution in [-0.2, 0) is 6.42 Å². The Morgan fingerprint density at radius 3 is 2.46 bits per heavy atom. The van der Waals surface area contributed by atoms with Gasteiger partial charge in [0.1, 0.15) is 11.5 Å². The molecule has 1 aromatic carbocycles. The summed E-state index contributed by atoms with van der Waals surface area (Å²) < 4.78 is 10.7. The Bertz CT molecular complexity index is 488. The summed E-state index contributed by atoms with van der Waals surface area (Å²) in [7, 11) is 3.37. The fourth-order valence-electron chi connectivity index (χ4n) is 3.31. The Balaban J connectivity index is 1.61. The highest BCUT2D eigenvalue weighted by Crippen LogP contribution is 2.27. The molecular weight excluding hydrogens is 304 g/mol. The Kier molecular flexibility index (Phi) is 7.82. The molecule has 24 heavy (non-hydrogen) atoms. The van der Waals surface area contributed by atoms with E-state index in [4.69, 9.17) is 9.47 Å². The SMILES string of the molecule is COc1ccc(OC)c(CCNCCNCC2(O)CCCCC2)c1. The maximum absolute atomic E-state index is 10.4. The molecule has 1 aliphatic carbocycles. The molecule has 5 heteroatoms. The first-order chi connectivity index (χ1) is 11.7. The van der Waals surface area contributed by atoms with Gasteiger partial charge in [-0.3, -0.25) is 0 Å². The van der Waals surface area contributed by atoms with E-state index in [1.54, 1.807) is 14.2 Å². The van der Waals surface area contributed by atoms with Crippen LogP contribution in [0, 0.1) is 0 Å². The molecule has 1 saturated carbocycles. The van der Waals surface area contributed by atoms with Crippen molar-refractivity contribution in [3.05, 3.63) is 23.8 Å². The Morgan fingerprint density at radius 2 is 1.75 bits per heavy atom. The predicted molar refractivity (Wildman–Crippen MR) is 97.0 cm³/mol. The maximum atomic E-state index is 10.4. The second kappa shape index (κ2) is 9.87. The van der Waals surface area contributed by atoms with Crippen LogP contribution in [0.4, 0.5) is 0 Å². The minimum absolute atomic E-state index is 0.480. The first-order valence-electron chi connectivity index (χ1n) is 9.01. The Morgan fingerprint density at radius 1 is 1.00 bits per heavy atom. The molecule has 3 N–H and O–H groups in total. The van der Waals surface area contributed by atoms with Gasteiger partial charge in [-0.25, -0.2) is 0 Å². The van der Waals surface area contributed by atoms with Gasteiger partial charge in [0, 0.05) is 19.6 Å². The largest absolute Gasteiger partial charge is 0.497 e. The normalized spacial score (nSPS) is 16.8. The fraction of sp³-hybridized carbons (Fsp3) is 0.684. The third kappa shape index (κ3) is 5.96. The zero-order valence-electron chi connectivity index (χ0n) is 15.1. The minimum atomic E-state index is -0.480. The van der Waals surface area contributed by atoms with Gasteiger partial charge in [0.25, 0.3) is 0 Å². The molecular formula is C19H32N2O3. The monoisotopic (exact) mass is 336 g/mol. The number of nitrogens with one attached hydrogen (secondary N) is 2. The summed E-state index contributed by atoms with van der Waals surface area (Å²) in [6.45, 7) is 3.35. The third-order valence-electron chi connectivity index (χ3n) is 4.78. The molecule has 0 radical (unpaired) electrons. The first-order valence-corrected chi connectivity index (χ1v) is 9.01. The first kappa shape index (κ1) is 19.0. The van der Waals surface area contributed by atoms with E-state index in [2.05, 4.69) is 10.6 Å². The predicted octanol–water partition coefficient (Wildman–Crippen LogP) is 2.12. The fourth-order valence-corrected chi connectivity index (χ4v) is 3.31. The van der Waals surface area contributed by atoms with Crippen molar-refractivity contribution in [2.75, 3.05) is 40.4 Å². The molecule has 0 saturated heterocycles. The molecule has 0 bridgehead atoms. The lowest BCUT2D eigenvalue weighted by atomic mass is 9.85. The van der Waals surface area contributed by atoms with Gasteiger partial charge in [0.15, 0.2) is 0 Å². The quantitative estimate of drug-likeness (QED) is 0.571. The second-order valence-electron chi connectivity index (χ2n) is 6.64. The van der Waals surface area contributed by atoms with Gasteiger partial charge in [-0.15, -0.1) is 0 Å². The standard InChI is InChI=1S/C19H32N2O3/c1-23-17-6-7-18(24-2)16(14-17)8-11-20-12-13-21-15-19(22)9-4-3-5-10-19/h6-7,14,20-22H,3-5,8-13,15H2,1-2H3. The average Bonchev–Trinajstić information content (AvgIpc) is 2.61. The number of benzene rings is 1. The highest BCUT2D eigenvalue weighted by molar-refractivity contribution is 5.40. The molecule has 5 nitrogen and oxygen atoms in total. The zero-order chi connectivity index (χ0) is 17.3. The molecule has 1 aliphatic rings.